The van der Waals surface area contributed by atoms with E-state index in [1.807, 2.05) is 20.8 Å². The zero-order valence-electron chi connectivity index (χ0n) is 9.70. The molecule has 1 aromatic carbocycles. The highest BCUT2D eigenvalue weighted by Gasteiger charge is 2.13. The zero-order valence-corrected chi connectivity index (χ0v) is 9.70. The summed E-state index contributed by atoms with van der Waals surface area (Å²) in [5, 5.41) is 2.70. The van der Waals surface area contributed by atoms with Crippen molar-refractivity contribution in [2.24, 2.45) is 5.41 Å². The van der Waals surface area contributed by atoms with Crippen molar-refractivity contribution >= 4 is 5.69 Å². The number of benzene rings is 1. The molecule has 0 saturated carbocycles. The highest BCUT2D eigenvalue weighted by molar-refractivity contribution is 5.45. The van der Waals surface area contributed by atoms with Crippen molar-refractivity contribution in [3.8, 4) is 0 Å². The minimum Gasteiger partial charge on any atom is -0.382 e. The molecule has 0 unspecified atom stereocenters. The lowest BCUT2D eigenvalue weighted by atomic mass is 9.92. The third-order valence-corrected chi connectivity index (χ3v) is 2.18. The van der Waals surface area contributed by atoms with E-state index in [0.29, 0.717) is 12.6 Å². The molecule has 0 aliphatic heterocycles. The van der Waals surface area contributed by atoms with E-state index in [9.17, 15) is 13.2 Å². The lowest BCUT2D eigenvalue weighted by Crippen LogP contribution is -2.13. The second kappa shape index (κ2) is 4.76. The Labute approximate surface area is 93.7 Å². The van der Waals surface area contributed by atoms with Gasteiger partial charge in [0.15, 0.2) is 11.6 Å². The predicted molar refractivity (Wildman–Crippen MR) is 58.9 cm³/mol. The standard InChI is InChI=1S/C12H16F3N/c1-12(2,3)4-5-16-10-7-8(13)6-9(14)11(10)15/h6-7,16H,4-5H2,1-3H3. The Morgan fingerprint density at radius 2 is 1.75 bits per heavy atom. The van der Waals surface area contributed by atoms with Crippen LogP contribution in [0, 0.1) is 22.9 Å². The summed E-state index contributed by atoms with van der Waals surface area (Å²) in [6.45, 7) is 6.59. The molecule has 0 bridgehead atoms. The normalized spacial score (nSPS) is 11.6. The highest BCUT2D eigenvalue weighted by Crippen LogP contribution is 2.21. The molecule has 0 fully saturated rings. The average Bonchev–Trinajstić information content (AvgIpc) is 2.11. The van der Waals surface area contributed by atoms with Gasteiger partial charge in [0, 0.05) is 18.7 Å². The van der Waals surface area contributed by atoms with Gasteiger partial charge in [-0.25, -0.2) is 13.2 Å². The molecule has 0 radical (unpaired) electrons. The molecule has 0 aliphatic carbocycles. The van der Waals surface area contributed by atoms with Crippen LogP contribution >= 0.6 is 0 Å². The summed E-state index contributed by atoms with van der Waals surface area (Å²) in [4.78, 5) is 0. The second-order valence-corrected chi connectivity index (χ2v) is 4.99. The summed E-state index contributed by atoms with van der Waals surface area (Å²) in [6, 6.07) is 1.49. The van der Waals surface area contributed by atoms with Crippen molar-refractivity contribution in [1.82, 2.24) is 0 Å². The number of rotatable bonds is 3. The summed E-state index contributed by atoms with van der Waals surface area (Å²) in [7, 11) is 0. The van der Waals surface area contributed by atoms with Gasteiger partial charge < -0.3 is 5.32 Å². The summed E-state index contributed by atoms with van der Waals surface area (Å²) in [5.74, 6) is -2.98. The molecule has 0 amide bonds. The predicted octanol–water partition coefficient (Wildman–Crippen LogP) is 3.95. The third-order valence-electron chi connectivity index (χ3n) is 2.18. The molecule has 0 heterocycles. The summed E-state index contributed by atoms with van der Waals surface area (Å²) < 4.78 is 38.9. The number of hydrogen-bond acceptors (Lipinski definition) is 1. The lowest BCUT2D eigenvalue weighted by Gasteiger charge is -2.18. The van der Waals surface area contributed by atoms with Gasteiger partial charge in [-0.2, -0.15) is 0 Å². The Kier molecular flexibility index (Phi) is 3.83. The maximum absolute atomic E-state index is 13.2. The van der Waals surface area contributed by atoms with Crippen LogP contribution in [-0.2, 0) is 0 Å². The van der Waals surface area contributed by atoms with E-state index >= 15 is 0 Å². The molecular formula is C12H16F3N. The van der Waals surface area contributed by atoms with E-state index in [1.54, 1.807) is 0 Å². The molecule has 1 rings (SSSR count). The van der Waals surface area contributed by atoms with E-state index in [0.717, 1.165) is 12.5 Å². The highest BCUT2D eigenvalue weighted by atomic mass is 19.2. The lowest BCUT2D eigenvalue weighted by molar-refractivity contribution is 0.389. The summed E-state index contributed by atoms with van der Waals surface area (Å²) in [5.41, 5.74) is -0.0308. The van der Waals surface area contributed by atoms with Gasteiger partial charge in [0.05, 0.1) is 5.69 Å². The average molecular weight is 231 g/mol. The van der Waals surface area contributed by atoms with Crippen molar-refractivity contribution in [2.75, 3.05) is 11.9 Å². The molecule has 0 spiro atoms. The van der Waals surface area contributed by atoms with Gasteiger partial charge in [0.25, 0.3) is 0 Å². The van der Waals surface area contributed by atoms with Crippen LogP contribution in [0.5, 0.6) is 0 Å². The van der Waals surface area contributed by atoms with E-state index in [2.05, 4.69) is 5.32 Å². The smallest absolute Gasteiger partial charge is 0.182 e. The van der Waals surface area contributed by atoms with Gasteiger partial charge in [0.2, 0.25) is 0 Å². The summed E-state index contributed by atoms with van der Waals surface area (Å²) >= 11 is 0. The Morgan fingerprint density at radius 1 is 1.12 bits per heavy atom. The Bertz CT molecular complexity index is 369. The van der Waals surface area contributed by atoms with Crippen molar-refractivity contribution < 1.29 is 13.2 Å². The molecule has 0 aliphatic rings. The number of anilines is 1. The van der Waals surface area contributed by atoms with Crippen LogP contribution in [0.4, 0.5) is 18.9 Å². The SMILES string of the molecule is CC(C)(C)CCNc1cc(F)cc(F)c1F. The van der Waals surface area contributed by atoms with Gasteiger partial charge in [-0.3, -0.25) is 0 Å². The fourth-order valence-corrected chi connectivity index (χ4v) is 1.26. The first-order valence-electron chi connectivity index (χ1n) is 5.18. The van der Waals surface area contributed by atoms with Crippen LogP contribution in [0.1, 0.15) is 27.2 Å². The van der Waals surface area contributed by atoms with Gasteiger partial charge >= 0.3 is 0 Å². The van der Waals surface area contributed by atoms with Crippen LogP contribution < -0.4 is 5.32 Å². The topological polar surface area (TPSA) is 12.0 Å². The third kappa shape index (κ3) is 3.76. The van der Waals surface area contributed by atoms with Gasteiger partial charge in [-0.05, 0) is 11.8 Å². The first kappa shape index (κ1) is 12.9. The molecule has 1 nitrogen and oxygen atoms in total. The number of nitrogens with one attached hydrogen (secondary N) is 1. The second-order valence-electron chi connectivity index (χ2n) is 4.99. The quantitative estimate of drug-likeness (QED) is 0.776. The van der Waals surface area contributed by atoms with Crippen molar-refractivity contribution in [3.63, 3.8) is 0 Å². The first-order chi connectivity index (χ1) is 7.29. The molecule has 1 aromatic rings. The number of hydrogen-bond donors (Lipinski definition) is 1. The minimum atomic E-state index is -1.17. The number of halogens is 3. The Balaban J connectivity index is 2.67. The van der Waals surface area contributed by atoms with Gasteiger partial charge in [-0.15, -0.1) is 0 Å². The van der Waals surface area contributed by atoms with Crippen LogP contribution in [0.25, 0.3) is 0 Å². The molecule has 16 heavy (non-hydrogen) atoms. The van der Waals surface area contributed by atoms with Crippen molar-refractivity contribution in [1.29, 1.82) is 0 Å². The Morgan fingerprint density at radius 3 is 2.31 bits per heavy atom. The zero-order chi connectivity index (χ0) is 12.3. The van der Waals surface area contributed by atoms with E-state index < -0.39 is 17.5 Å². The van der Waals surface area contributed by atoms with E-state index in [4.69, 9.17) is 0 Å². The van der Waals surface area contributed by atoms with Crippen LogP contribution in [0.2, 0.25) is 0 Å². The van der Waals surface area contributed by atoms with Crippen LogP contribution in [-0.4, -0.2) is 6.54 Å². The first-order valence-corrected chi connectivity index (χ1v) is 5.18. The minimum absolute atomic E-state index is 0.0926. The van der Waals surface area contributed by atoms with Crippen molar-refractivity contribution in [3.05, 3.63) is 29.6 Å². The molecule has 0 saturated heterocycles. The maximum Gasteiger partial charge on any atom is 0.182 e. The fraction of sp³-hybridized carbons (Fsp3) is 0.500. The monoisotopic (exact) mass is 231 g/mol. The van der Waals surface area contributed by atoms with Crippen molar-refractivity contribution in [2.45, 2.75) is 27.2 Å². The van der Waals surface area contributed by atoms with E-state index in [-0.39, 0.29) is 11.1 Å². The van der Waals surface area contributed by atoms with Crippen LogP contribution in [0.15, 0.2) is 12.1 Å². The molecule has 1 N–H and O–H groups in total. The maximum atomic E-state index is 13.2. The molecular weight excluding hydrogens is 215 g/mol. The van der Waals surface area contributed by atoms with Gasteiger partial charge in [0.1, 0.15) is 5.82 Å². The summed E-state index contributed by atoms with van der Waals surface area (Å²) in [6.07, 6.45) is 0.782. The largest absolute Gasteiger partial charge is 0.382 e. The van der Waals surface area contributed by atoms with E-state index in [1.165, 1.54) is 0 Å². The molecule has 90 valence electrons. The molecule has 0 aromatic heterocycles. The fourth-order valence-electron chi connectivity index (χ4n) is 1.26. The molecule has 4 heteroatoms. The van der Waals surface area contributed by atoms with Crippen LogP contribution in [0.3, 0.4) is 0 Å². The molecule has 0 atom stereocenters. The van der Waals surface area contributed by atoms with Gasteiger partial charge in [-0.1, -0.05) is 20.8 Å². The Hall–Kier alpha value is -1.19.